The van der Waals surface area contributed by atoms with Gasteiger partial charge in [0.05, 0.1) is 5.92 Å². The first-order chi connectivity index (χ1) is 36.4. The van der Waals surface area contributed by atoms with Crippen LogP contribution in [0.15, 0.2) is 121 Å². The number of phenolic OH excluding ortho intramolecular Hbond substituents is 4. The summed E-state index contributed by atoms with van der Waals surface area (Å²) in [5.74, 6) is -0.0886. The van der Waals surface area contributed by atoms with E-state index in [0.717, 1.165) is 135 Å². The van der Waals surface area contributed by atoms with Gasteiger partial charge in [-0.1, -0.05) is 228 Å². The highest BCUT2D eigenvalue weighted by Gasteiger charge is 2.45. The van der Waals surface area contributed by atoms with E-state index in [2.05, 4.69) is 86.6 Å². The summed E-state index contributed by atoms with van der Waals surface area (Å²) >= 11 is 0. The predicted molar refractivity (Wildman–Crippen MR) is 309 cm³/mol. The van der Waals surface area contributed by atoms with Crippen LogP contribution in [0.5, 0.6) is 23.0 Å². The number of ketones is 1. The molecule has 5 aromatic rings. The molecule has 5 aromatic carbocycles. The molecule has 2 bridgehead atoms. The number of Topliss-reactive ketones (excluding diaryl/α,β-unsaturated/α-hetero) is 1. The highest BCUT2D eigenvalue weighted by Crippen LogP contribution is 2.46. The summed E-state index contributed by atoms with van der Waals surface area (Å²) < 4.78 is 0. The lowest BCUT2D eigenvalue weighted by Gasteiger charge is -2.38. The van der Waals surface area contributed by atoms with E-state index in [9.17, 15) is 30.0 Å². The number of nitrogens with two attached hydrogens (primary N) is 1. The molecule has 6 rings (SSSR count). The molecule has 1 aliphatic carbocycles. The number of hydrogen-bond acceptors (Lipinski definition) is 6. The molecule has 75 heavy (non-hydrogen) atoms. The third-order valence-electron chi connectivity index (χ3n) is 17.2. The number of carbonyl (C=O) groups is 2. The highest BCUT2D eigenvalue weighted by atomic mass is 16.3. The van der Waals surface area contributed by atoms with Crippen molar-refractivity contribution < 1.29 is 30.0 Å². The van der Waals surface area contributed by atoms with E-state index in [-0.39, 0.29) is 39.6 Å². The lowest BCUT2D eigenvalue weighted by molar-refractivity contribution is -0.140. The van der Waals surface area contributed by atoms with Gasteiger partial charge in [0, 0.05) is 16.2 Å². The van der Waals surface area contributed by atoms with Gasteiger partial charge in [-0.2, -0.15) is 0 Å². The molecule has 0 saturated carbocycles. The van der Waals surface area contributed by atoms with Gasteiger partial charge in [-0.25, -0.2) is 0 Å². The van der Waals surface area contributed by atoms with Gasteiger partial charge >= 0.3 is 0 Å². The molecule has 0 fully saturated rings. The van der Waals surface area contributed by atoms with Crippen LogP contribution in [0.3, 0.4) is 0 Å². The van der Waals surface area contributed by atoms with Gasteiger partial charge in [-0.3, -0.25) is 9.59 Å². The Balaban J connectivity index is 0.970. The van der Waals surface area contributed by atoms with Gasteiger partial charge < -0.3 is 26.2 Å². The van der Waals surface area contributed by atoms with Gasteiger partial charge in [0.25, 0.3) is 0 Å². The third kappa shape index (κ3) is 17.0. The molecule has 1 unspecified atom stereocenters. The lowest BCUT2D eigenvalue weighted by Crippen LogP contribution is -2.45. The Bertz CT molecular complexity index is 2310. The molecule has 6 N–H and O–H groups in total. The summed E-state index contributed by atoms with van der Waals surface area (Å²) in [5.41, 5.74) is 12.4. The SMILES string of the molecule is CCCCCCC(CCCCCCCCCC(C(N)=O)C(=O)C1(CCCCCCCCCC(CCCCCC)(c2ccc(O)cc2)c2ccc(O)cc2)Cc2cccc(c2)C1)(c1ccc(O)cc1)c1ccc(O)cc1. The van der Waals surface area contributed by atoms with Crippen LogP contribution in [-0.4, -0.2) is 32.1 Å². The fraction of sp³-hybridized carbons (Fsp3) is 0.529. The number of primary amides is 1. The van der Waals surface area contributed by atoms with Crippen LogP contribution in [0, 0.1) is 11.3 Å². The average Bonchev–Trinajstić information content (AvgIpc) is 3.40. The van der Waals surface area contributed by atoms with Crippen molar-refractivity contribution in [3.05, 3.63) is 155 Å². The highest BCUT2D eigenvalue weighted by molar-refractivity contribution is 6.03. The smallest absolute Gasteiger partial charge is 0.228 e. The van der Waals surface area contributed by atoms with Crippen molar-refractivity contribution in [2.75, 3.05) is 0 Å². The van der Waals surface area contributed by atoms with Crippen molar-refractivity contribution in [3.8, 4) is 23.0 Å². The number of carbonyl (C=O) groups excluding carboxylic acids is 2. The Morgan fingerprint density at radius 2 is 0.747 bits per heavy atom. The van der Waals surface area contributed by atoms with Gasteiger partial charge in [0.1, 0.15) is 23.0 Å². The summed E-state index contributed by atoms with van der Waals surface area (Å²) in [6.07, 6.45) is 31.0. The second-order valence-electron chi connectivity index (χ2n) is 22.7. The second kappa shape index (κ2) is 30.3. The lowest BCUT2D eigenvalue weighted by atomic mass is 9.64. The number of rotatable bonds is 37. The topological polar surface area (TPSA) is 141 Å². The van der Waals surface area contributed by atoms with Gasteiger partial charge in [-0.15, -0.1) is 0 Å². The Labute approximate surface area is 451 Å². The zero-order valence-electron chi connectivity index (χ0n) is 46.0. The number of phenols is 4. The molecule has 0 spiro atoms. The zero-order chi connectivity index (χ0) is 53.4. The van der Waals surface area contributed by atoms with Crippen molar-refractivity contribution in [2.24, 2.45) is 17.1 Å². The molecule has 0 aliphatic heterocycles. The van der Waals surface area contributed by atoms with Gasteiger partial charge in [0.15, 0.2) is 5.78 Å². The Morgan fingerprint density at radius 1 is 0.440 bits per heavy atom. The van der Waals surface area contributed by atoms with Crippen LogP contribution in [0.1, 0.15) is 227 Å². The van der Waals surface area contributed by atoms with E-state index in [1.54, 1.807) is 48.5 Å². The molecule has 7 nitrogen and oxygen atoms in total. The minimum absolute atomic E-state index is 0.0580. The summed E-state index contributed by atoms with van der Waals surface area (Å²) in [4.78, 5) is 27.9. The number of amides is 1. The Kier molecular flexibility index (Phi) is 23.7. The molecule has 0 heterocycles. The second-order valence-corrected chi connectivity index (χ2v) is 22.7. The largest absolute Gasteiger partial charge is 0.508 e. The standard InChI is InChI=1S/C68H93NO6/c1-3-5-7-21-46-67(55-29-37-59(70)38-30-55,56-31-39-60(71)40-32-56)48-23-17-13-9-11-15-19-28-63(65(69)75)64(74)66(51-53-26-25-27-54(50-53)52-66)45-20-16-12-10-14-18-24-49-68(47-22-8-6-4-2,57-33-41-61(72)42-34-57)58-35-43-62(73)44-36-58/h25-27,29-44,50,63,70-73H,3-24,28,45-49,51-52H2,1-2H3,(H2,69,75). The first-order valence-electron chi connectivity index (χ1n) is 29.5. The summed E-state index contributed by atoms with van der Waals surface area (Å²) in [5, 5.41) is 40.7. The maximum Gasteiger partial charge on any atom is 0.228 e. The number of fused-ring (bicyclic) bond motifs is 2. The van der Waals surface area contributed by atoms with E-state index in [1.807, 2.05) is 0 Å². The van der Waals surface area contributed by atoms with E-state index in [1.165, 1.54) is 71.9 Å². The normalized spacial score (nSPS) is 13.7. The molecule has 0 radical (unpaired) electrons. The molecule has 0 aromatic heterocycles. The van der Waals surface area contributed by atoms with Crippen molar-refractivity contribution in [1.82, 2.24) is 0 Å². The first-order valence-corrected chi connectivity index (χ1v) is 29.5. The summed E-state index contributed by atoms with van der Waals surface area (Å²) in [6.45, 7) is 4.49. The average molecular weight is 1020 g/mol. The van der Waals surface area contributed by atoms with E-state index in [0.29, 0.717) is 19.3 Å². The monoisotopic (exact) mass is 1020 g/mol. The number of aromatic hydroxyl groups is 4. The van der Waals surface area contributed by atoms with Crippen LogP contribution >= 0.6 is 0 Å². The zero-order valence-corrected chi connectivity index (χ0v) is 46.0. The number of benzene rings is 5. The maximum atomic E-state index is 14.8. The molecule has 406 valence electrons. The third-order valence-corrected chi connectivity index (χ3v) is 17.2. The number of unbranched alkanes of at least 4 members (excludes halogenated alkanes) is 18. The number of hydrogen-bond donors (Lipinski definition) is 5. The van der Waals surface area contributed by atoms with Crippen LogP contribution in [-0.2, 0) is 33.3 Å². The molecule has 0 saturated heterocycles. The van der Waals surface area contributed by atoms with Gasteiger partial charge in [0.2, 0.25) is 5.91 Å². The molecule has 1 atom stereocenters. The van der Waals surface area contributed by atoms with Crippen molar-refractivity contribution in [1.29, 1.82) is 0 Å². The van der Waals surface area contributed by atoms with Crippen LogP contribution < -0.4 is 5.73 Å². The van der Waals surface area contributed by atoms with Crippen molar-refractivity contribution >= 4 is 11.7 Å². The van der Waals surface area contributed by atoms with Crippen LogP contribution in [0.4, 0.5) is 0 Å². The molecular weight excluding hydrogens is 927 g/mol. The molecular formula is C68H93NO6. The molecule has 1 amide bonds. The molecule has 7 heteroatoms. The van der Waals surface area contributed by atoms with E-state index in [4.69, 9.17) is 5.73 Å². The maximum absolute atomic E-state index is 14.8. The van der Waals surface area contributed by atoms with Crippen LogP contribution in [0.25, 0.3) is 0 Å². The van der Waals surface area contributed by atoms with E-state index >= 15 is 0 Å². The predicted octanol–water partition coefficient (Wildman–Crippen LogP) is 17.2. The van der Waals surface area contributed by atoms with Gasteiger partial charge in [-0.05, 0) is 133 Å². The Morgan fingerprint density at radius 3 is 1.08 bits per heavy atom. The minimum atomic E-state index is -0.763. The van der Waals surface area contributed by atoms with Crippen LogP contribution in [0.2, 0.25) is 0 Å². The molecule has 1 aliphatic rings. The van der Waals surface area contributed by atoms with Crippen molar-refractivity contribution in [2.45, 2.75) is 217 Å². The first kappa shape index (κ1) is 58.7. The Hall–Kier alpha value is -5.56. The summed E-state index contributed by atoms with van der Waals surface area (Å²) in [6, 6.07) is 39.6. The summed E-state index contributed by atoms with van der Waals surface area (Å²) in [7, 11) is 0. The van der Waals surface area contributed by atoms with E-state index < -0.39 is 17.2 Å². The fourth-order valence-corrected chi connectivity index (χ4v) is 12.9. The van der Waals surface area contributed by atoms with Crippen molar-refractivity contribution in [3.63, 3.8) is 0 Å². The minimum Gasteiger partial charge on any atom is -0.508 e. The fourth-order valence-electron chi connectivity index (χ4n) is 12.9. The quantitative estimate of drug-likeness (QED) is 0.0198.